The van der Waals surface area contributed by atoms with Crippen LogP contribution in [0.4, 0.5) is 4.79 Å². The van der Waals surface area contributed by atoms with Crippen LogP contribution >= 0.6 is 0 Å². The van der Waals surface area contributed by atoms with Crippen LogP contribution in [0.2, 0.25) is 0 Å². The molecule has 3 rings (SSSR count). The Balaban J connectivity index is 1.86. The molecule has 0 radical (unpaired) electrons. The molecule has 0 aliphatic carbocycles. The molecule has 0 saturated carbocycles. The summed E-state index contributed by atoms with van der Waals surface area (Å²) in [6.45, 7) is 2.63. The fourth-order valence-corrected chi connectivity index (χ4v) is 2.54. The minimum absolute atomic E-state index is 0.344. The largest absolute Gasteiger partial charge is 0.497 e. The molecule has 0 spiro atoms. The molecule has 0 bridgehead atoms. The van der Waals surface area contributed by atoms with Gasteiger partial charge >= 0.3 is 6.09 Å². The molecule has 0 N–H and O–H groups in total. The summed E-state index contributed by atoms with van der Waals surface area (Å²) < 4.78 is 17.9. The quantitative estimate of drug-likeness (QED) is 0.564. The highest BCUT2D eigenvalue weighted by molar-refractivity contribution is 5.71. The van der Waals surface area contributed by atoms with E-state index in [1.165, 1.54) is 6.20 Å². The maximum atomic E-state index is 12.2. The SMILES string of the molecule is CCCCOc1c/c(=N\C(=O)Oc2cccc(OC)c2)cnn1-c1ccccc1. The summed E-state index contributed by atoms with van der Waals surface area (Å²) in [4.78, 5) is 16.2. The van der Waals surface area contributed by atoms with Crippen molar-refractivity contribution in [2.75, 3.05) is 13.7 Å². The maximum absolute atomic E-state index is 12.2. The van der Waals surface area contributed by atoms with E-state index in [2.05, 4.69) is 17.0 Å². The zero-order chi connectivity index (χ0) is 20.5. The number of rotatable bonds is 7. The Morgan fingerprint density at radius 2 is 1.86 bits per heavy atom. The number of carbonyl (C=O) groups is 1. The Morgan fingerprint density at radius 3 is 2.62 bits per heavy atom. The smallest absolute Gasteiger partial charge is 0.439 e. The van der Waals surface area contributed by atoms with Gasteiger partial charge in [0.05, 0.1) is 31.0 Å². The van der Waals surface area contributed by atoms with Crippen LogP contribution in [0.5, 0.6) is 17.4 Å². The van der Waals surface area contributed by atoms with Crippen molar-refractivity contribution in [3.63, 3.8) is 0 Å². The van der Waals surface area contributed by atoms with Crippen molar-refractivity contribution in [2.45, 2.75) is 19.8 Å². The van der Waals surface area contributed by atoms with Crippen molar-refractivity contribution in [2.24, 2.45) is 4.99 Å². The Morgan fingerprint density at radius 1 is 1.07 bits per heavy atom. The molecule has 7 heteroatoms. The number of benzene rings is 2. The van der Waals surface area contributed by atoms with Gasteiger partial charge in [0.1, 0.15) is 11.5 Å². The lowest BCUT2D eigenvalue weighted by molar-refractivity contribution is 0.210. The normalized spacial score (nSPS) is 11.2. The third kappa shape index (κ3) is 5.68. The van der Waals surface area contributed by atoms with E-state index in [1.807, 2.05) is 30.3 Å². The topological polar surface area (TPSA) is 74.9 Å². The van der Waals surface area contributed by atoms with E-state index in [1.54, 1.807) is 42.1 Å². The Kier molecular flexibility index (Phi) is 7.00. The number of nitrogens with zero attached hydrogens (tertiary/aromatic N) is 3. The first-order valence-electron chi connectivity index (χ1n) is 9.38. The molecular weight excluding hydrogens is 370 g/mol. The zero-order valence-corrected chi connectivity index (χ0v) is 16.4. The van der Waals surface area contributed by atoms with Gasteiger partial charge in [-0.1, -0.05) is 37.6 Å². The fraction of sp³-hybridized carbons (Fsp3) is 0.227. The molecule has 0 unspecified atom stereocenters. The minimum atomic E-state index is -0.753. The van der Waals surface area contributed by atoms with Gasteiger partial charge in [-0.3, -0.25) is 0 Å². The molecule has 0 aliphatic rings. The summed E-state index contributed by atoms with van der Waals surface area (Å²) in [5.41, 5.74) is 0.851. The average molecular weight is 393 g/mol. The predicted molar refractivity (Wildman–Crippen MR) is 109 cm³/mol. The van der Waals surface area contributed by atoms with E-state index in [-0.39, 0.29) is 0 Å². The lowest BCUT2D eigenvalue weighted by Gasteiger charge is -2.13. The second kappa shape index (κ2) is 10.1. The van der Waals surface area contributed by atoms with Crippen molar-refractivity contribution in [3.8, 4) is 23.1 Å². The predicted octanol–water partition coefficient (Wildman–Crippen LogP) is 4.16. The summed E-state index contributed by atoms with van der Waals surface area (Å²) in [5, 5.41) is 4.73. The first kappa shape index (κ1) is 20.1. The first-order chi connectivity index (χ1) is 14.2. The molecule has 0 aliphatic heterocycles. The second-order valence-corrected chi connectivity index (χ2v) is 6.16. The fourth-order valence-electron chi connectivity index (χ4n) is 2.54. The number of hydrogen-bond acceptors (Lipinski definition) is 5. The number of hydrogen-bond donors (Lipinski definition) is 0. The number of aromatic nitrogens is 2. The lowest BCUT2D eigenvalue weighted by Crippen LogP contribution is -2.16. The van der Waals surface area contributed by atoms with E-state index in [4.69, 9.17) is 14.2 Å². The third-order valence-electron chi connectivity index (χ3n) is 4.00. The van der Waals surface area contributed by atoms with Crippen LogP contribution in [0.1, 0.15) is 19.8 Å². The zero-order valence-electron chi connectivity index (χ0n) is 16.4. The maximum Gasteiger partial charge on any atom is 0.439 e. The van der Waals surface area contributed by atoms with Crippen molar-refractivity contribution in [3.05, 3.63) is 72.2 Å². The van der Waals surface area contributed by atoms with E-state index >= 15 is 0 Å². The van der Waals surface area contributed by atoms with Gasteiger partial charge < -0.3 is 14.2 Å². The van der Waals surface area contributed by atoms with E-state index in [0.29, 0.717) is 29.3 Å². The Hall–Kier alpha value is -3.61. The lowest BCUT2D eigenvalue weighted by atomic mass is 10.3. The highest BCUT2D eigenvalue weighted by Crippen LogP contribution is 2.19. The molecule has 150 valence electrons. The standard InChI is InChI=1S/C22H23N3O4/c1-3-4-13-28-21-14-17(16-23-25(21)18-9-6-5-7-10-18)24-22(26)29-20-12-8-11-19(15-20)27-2/h5-12,14-16H,3-4,13H2,1-2H3/b24-17+. The average Bonchev–Trinajstić information content (AvgIpc) is 2.75. The van der Waals surface area contributed by atoms with Crippen molar-refractivity contribution in [1.82, 2.24) is 9.78 Å². The number of carbonyl (C=O) groups excluding carboxylic acids is 1. The van der Waals surface area contributed by atoms with Crippen LogP contribution in [0.15, 0.2) is 71.9 Å². The molecule has 1 amide bonds. The van der Waals surface area contributed by atoms with Crippen LogP contribution in [-0.2, 0) is 0 Å². The molecule has 0 saturated heterocycles. The van der Waals surface area contributed by atoms with E-state index in [0.717, 1.165) is 18.5 Å². The van der Waals surface area contributed by atoms with Crippen LogP contribution in [0, 0.1) is 0 Å². The van der Waals surface area contributed by atoms with Crippen LogP contribution in [0.25, 0.3) is 5.69 Å². The van der Waals surface area contributed by atoms with Crippen molar-refractivity contribution in [1.29, 1.82) is 0 Å². The number of para-hydroxylation sites is 1. The molecule has 3 aromatic rings. The molecule has 29 heavy (non-hydrogen) atoms. The van der Waals surface area contributed by atoms with Gasteiger partial charge in [-0.05, 0) is 30.7 Å². The molecule has 0 fully saturated rings. The van der Waals surface area contributed by atoms with E-state index in [9.17, 15) is 4.79 Å². The summed E-state index contributed by atoms with van der Waals surface area (Å²) >= 11 is 0. The van der Waals surface area contributed by atoms with Gasteiger partial charge in [0, 0.05) is 12.1 Å². The van der Waals surface area contributed by atoms with Gasteiger partial charge in [-0.15, -0.1) is 0 Å². The van der Waals surface area contributed by atoms with E-state index < -0.39 is 6.09 Å². The van der Waals surface area contributed by atoms with Crippen LogP contribution in [-0.4, -0.2) is 29.6 Å². The number of methoxy groups -OCH3 is 1. The molecular formula is C22H23N3O4. The molecule has 1 aromatic heterocycles. The number of amides is 1. The van der Waals surface area contributed by atoms with Crippen molar-refractivity contribution >= 4 is 6.09 Å². The molecule has 2 aromatic carbocycles. The Bertz CT molecular complexity index is 1020. The van der Waals surface area contributed by atoms with Gasteiger partial charge in [0.2, 0.25) is 5.88 Å². The monoisotopic (exact) mass is 393 g/mol. The minimum Gasteiger partial charge on any atom is -0.497 e. The molecule has 0 atom stereocenters. The summed E-state index contributed by atoms with van der Waals surface area (Å²) in [6, 6.07) is 18.0. The van der Waals surface area contributed by atoms with Gasteiger partial charge in [-0.2, -0.15) is 10.1 Å². The highest BCUT2D eigenvalue weighted by Gasteiger charge is 2.08. The van der Waals surface area contributed by atoms with Crippen molar-refractivity contribution < 1.29 is 19.0 Å². The second-order valence-electron chi connectivity index (χ2n) is 6.16. The summed E-state index contributed by atoms with van der Waals surface area (Å²) in [6.07, 6.45) is 2.66. The van der Waals surface area contributed by atoms with Crippen LogP contribution in [0.3, 0.4) is 0 Å². The highest BCUT2D eigenvalue weighted by atomic mass is 16.5. The number of ether oxygens (including phenoxy) is 3. The summed E-state index contributed by atoms with van der Waals surface area (Å²) in [5.74, 6) is 1.44. The molecule has 7 nitrogen and oxygen atoms in total. The third-order valence-corrected chi connectivity index (χ3v) is 4.00. The summed E-state index contributed by atoms with van der Waals surface area (Å²) in [7, 11) is 1.54. The van der Waals surface area contributed by atoms with Crippen LogP contribution < -0.4 is 19.6 Å². The Labute approximate surface area is 169 Å². The number of unbranched alkanes of at least 4 members (excludes halogenated alkanes) is 1. The van der Waals surface area contributed by atoms with Gasteiger partial charge in [0.25, 0.3) is 0 Å². The van der Waals surface area contributed by atoms with Gasteiger partial charge in [0.15, 0.2) is 0 Å². The van der Waals surface area contributed by atoms with Gasteiger partial charge in [-0.25, -0.2) is 9.48 Å². The molecule has 1 heterocycles. The first-order valence-corrected chi connectivity index (χ1v) is 9.38.